The van der Waals surface area contributed by atoms with Gasteiger partial charge >= 0.3 is 0 Å². The fraction of sp³-hybridized carbons (Fsp3) is 0.440. The lowest BCUT2D eigenvalue weighted by Gasteiger charge is -2.35. The zero-order valence-corrected chi connectivity index (χ0v) is 17.7. The van der Waals surface area contributed by atoms with Crippen LogP contribution in [0.3, 0.4) is 0 Å². The summed E-state index contributed by atoms with van der Waals surface area (Å²) in [6.07, 6.45) is 10.3. The van der Waals surface area contributed by atoms with Crippen LogP contribution >= 0.6 is 0 Å². The second kappa shape index (κ2) is 8.42. The number of rotatable bonds is 4. The van der Waals surface area contributed by atoms with Crippen molar-refractivity contribution >= 4 is 11.4 Å². The molecule has 5 rings (SSSR count). The van der Waals surface area contributed by atoms with Crippen LogP contribution in [0.5, 0.6) is 0 Å². The van der Waals surface area contributed by atoms with Gasteiger partial charge in [-0.25, -0.2) is 4.39 Å². The van der Waals surface area contributed by atoms with E-state index in [4.69, 9.17) is 4.74 Å². The number of ether oxygens (including phenoxy) is 1. The molecule has 1 unspecified atom stereocenters. The predicted octanol–water partition coefficient (Wildman–Crippen LogP) is 4.00. The highest BCUT2D eigenvalue weighted by atomic mass is 19.1. The van der Waals surface area contributed by atoms with Crippen LogP contribution in [-0.4, -0.2) is 46.5 Å². The van der Waals surface area contributed by atoms with Crippen LogP contribution in [0.15, 0.2) is 55.0 Å². The second-order valence-electron chi connectivity index (χ2n) is 8.87. The molecule has 0 spiro atoms. The minimum atomic E-state index is -0.539. The third-order valence-electron chi connectivity index (χ3n) is 6.90. The summed E-state index contributed by atoms with van der Waals surface area (Å²) >= 11 is 0. The van der Waals surface area contributed by atoms with E-state index in [0.29, 0.717) is 26.3 Å². The van der Waals surface area contributed by atoms with Gasteiger partial charge in [0, 0.05) is 37.6 Å². The molecule has 1 saturated heterocycles. The fourth-order valence-electron chi connectivity index (χ4n) is 5.32. The zero-order valence-electron chi connectivity index (χ0n) is 17.7. The van der Waals surface area contributed by atoms with E-state index < -0.39 is 5.41 Å². The Balaban J connectivity index is 1.39. The van der Waals surface area contributed by atoms with Gasteiger partial charge in [-0.3, -0.25) is 9.78 Å². The van der Waals surface area contributed by atoms with Crippen LogP contribution in [0.1, 0.15) is 36.9 Å². The van der Waals surface area contributed by atoms with Crippen molar-refractivity contribution in [2.75, 3.05) is 26.3 Å². The van der Waals surface area contributed by atoms with Crippen LogP contribution in [0.25, 0.3) is 5.52 Å². The molecule has 3 heterocycles. The summed E-state index contributed by atoms with van der Waals surface area (Å²) in [5, 5.41) is 0. The summed E-state index contributed by atoms with van der Waals surface area (Å²) in [5.74, 6) is 0.0901. The van der Waals surface area contributed by atoms with E-state index in [1.54, 1.807) is 12.1 Å². The first-order valence-corrected chi connectivity index (χ1v) is 11.2. The maximum absolute atomic E-state index is 13.9. The molecule has 1 aliphatic heterocycles. The molecule has 2 aromatic heterocycles. The minimum Gasteiger partial charge on any atom is -0.379 e. The molecule has 3 aromatic rings. The monoisotopic (exact) mass is 421 g/mol. The molecule has 31 heavy (non-hydrogen) atoms. The summed E-state index contributed by atoms with van der Waals surface area (Å²) in [6, 6.07) is 10.6. The van der Waals surface area contributed by atoms with Crippen molar-refractivity contribution in [2.45, 2.75) is 37.5 Å². The molecule has 1 aromatic carbocycles. The fourth-order valence-corrected chi connectivity index (χ4v) is 5.32. The normalized spacial score (nSPS) is 21.3. The van der Waals surface area contributed by atoms with Crippen molar-refractivity contribution in [3.05, 3.63) is 72.1 Å². The Morgan fingerprint density at radius 1 is 1.16 bits per heavy atom. The molecule has 2 aliphatic rings. The van der Waals surface area contributed by atoms with Gasteiger partial charge in [0.2, 0.25) is 5.91 Å². The van der Waals surface area contributed by atoms with Crippen molar-refractivity contribution in [3.8, 4) is 0 Å². The summed E-state index contributed by atoms with van der Waals surface area (Å²) in [7, 11) is 0. The highest BCUT2D eigenvalue weighted by Crippen LogP contribution is 2.43. The molecule has 1 saturated carbocycles. The van der Waals surface area contributed by atoms with Gasteiger partial charge in [-0.05, 0) is 49.1 Å². The standard InChI is InChI=1S/C25H28FN3O2/c26-21-7-5-20(6-8-21)25(9-1-2-10-25)24(30)29-14-15-31-18-19(17-29)16-22-23-4-3-12-28(23)13-11-27-22/h3-8,11-13,19H,1-2,9-10,14-18H2. The molecule has 1 atom stereocenters. The van der Waals surface area contributed by atoms with Crippen LogP contribution in [0.2, 0.25) is 0 Å². The molecule has 0 radical (unpaired) electrons. The Kier molecular flexibility index (Phi) is 5.48. The van der Waals surface area contributed by atoms with Crippen molar-refractivity contribution in [1.82, 2.24) is 14.3 Å². The van der Waals surface area contributed by atoms with Gasteiger partial charge in [-0.2, -0.15) is 0 Å². The van der Waals surface area contributed by atoms with Gasteiger partial charge in [0.1, 0.15) is 5.82 Å². The van der Waals surface area contributed by atoms with Gasteiger partial charge in [-0.1, -0.05) is 25.0 Å². The number of nitrogens with zero attached hydrogens (tertiary/aromatic N) is 3. The lowest BCUT2D eigenvalue weighted by Crippen LogP contribution is -2.47. The molecular formula is C25H28FN3O2. The molecule has 0 bridgehead atoms. The first-order chi connectivity index (χ1) is 15.2. The zero-order chi connectivity index (χ0) is 21.3. The van der Waals surface area contributed by atoms with E-state index in [1.165, 1.54) is 12.1 Å². The maximum Gasteiger partial charge on any atom is 0.233 e. The molecule has 5 nitrogen and oxygen atoms in total. The van der Waals surface area contributed by atoms with Crippen LogP contribution in [-0.2, 0) is 21.4 Å². The first-order valence-electron chi connectivity index (χ1n) is 11.2. The van der Waals surface area contributed by atoms with Crippen molar-refractivity contribution in [1.29, 1.82) is 0 Å². The summed E-state index contributed by atoms with van der Waals surface area (Å²) < 4.78 is 21.5. The molecule has 6 heteroatoms. The summed E-state index contributed by atoms with van der Waals surface area (Å²) in [5.41, 5.74) is 2.54. The van der Waals surface area contributed by atoms with Gasteiger partial charge in [0.25, 0.3) is 0 Å². The Labute approximate surface area is 181 Å². The van der Waals surface area contributed by atoms with Crippen LogP contribution < -0.4 is 0 Å². The lowest BCUT2D eigenvalue weighted by atomic mass is 9.77. The van der Waals surface area contributed by atoms with E-state index >= 15 is 0 Å². The molecule has 162 valence electrons. The third kappa shape index (κ3) is 3.85. The van der Waals surface area contributed by atoms with Gasteiger partial charge in [-0.15, -0.1) is 0 Å². The highest BCUT2D eigenvalue weighted by molar-refractivity contribution is 5.88. The van der Waals surface area contributed by atoms with E-state index in [2.05, 4.69) is 15.5 Å². The van der Waals surface area contributed by atoms with Crippen molar-refractivity contribution in [2.24, 2.45) is 5.92 Å². The largest absolute Gasteiger partial charge is 0.379 e. The van der Waals surface area contributed by atoms with Gasteiger partial charge < -0.3 is 14.0 Å². The van der Waals surface area contributed by atoms with E-state index in [-0.39, 0.29) is 17.6 Å². The second-order valence-corrected chi connectivity index (χ2v) is 8.87. The average Bonchev–Trinajstić information content (AvgIpc) is 3.41. The van der Waals surface area contributed by atoms with Gasteiger partial charge in [0.15, 0.2) is 0 Å². The van der Waals surface area contributed by atoms with Crippen LogP contribution in [0, 0.1) is 11.7 Å². The number of amides is 1. The summed E-state index contributed by atoms with van der Waals surface area (Å²) in [4.78, 5) is 20.5. The Hall–Kier alpha value is -2.73. The minimum absolute atomic E-state index is 0.168. The number of carbonyl (C=O) groups excluding carboxylic acids is 1. The summed E-state index contributed by atoms with van der Waals surface area (Å²) in [6.45, 7) is 2.42. The first kappa shape index (κ1) is 20.2. The lowest BCUT2D eigenvalue weighted by molar-refractivity contribution is -0.137. The number of halogens is 1. The number of hydrogen-bond acceptors (Lipinski definition) is 3. The maximum atomic E-state index is 13.9. The number of benzene rings is 1. The van der Waals surface area contributed by atoms with E-state index in [9.17, 15) is 9.18 Å². The van der Waals surface area contributed by atoms with Gasteiger partial charge in [0.05, 0.1) is 29.8 Å². The third-order valence-corrected chi connectivity index (χ3v) is 6.90. The average molecular weight is 422 g/mol. The molecule has 2 fully saturated rings. The molecule has 1 aliphatic carbocycles. The molecule has 0 N–H and O–H groups in total. The highest BCUT2D eigenvalue weighted by Gasteiger charge is 2.45. The molecule has 1 amide bonds. The quantitative estimate of drug-likeness (QED) is 0.640. The van der Waals surface area contributed by atoms with Crippen molar-refractivity contribution < 1.29 is 13.9 Å². The number of aromatic nitrogens is 2. The van der Waals surface area contributed by atoms with E-state index in [1.807, 2.05) is 29.6 Å². The topological polar surface area (TPSA) is 46.8 Å². The number of carbonyl (C=O) groups is 1. The Morgan fingerprint density at radius 3 is 2.77 bits per heavy atom. The Morgan fingerprint density at radius 2 is 1.97 bits per heavy atom. The predicted molar refractivity (Wildman–Crippen MR) is 116 cm³/mol. The number of fused-ring (bicyclic) bond motifs is 1. The smallest absolute Gasteiger partial charge is 0.233 e. The SMILES string of the molecule is O=C(N1CCOCC(Cc2nccn3cccc23)C1)C1(c2ccc(F)cc2)CCCC1. The number of hydrogen-bond donors (Lipinski definition) is 0. The van der Waals surface area contributed by atoms with Crippen molar-refractivity contribution in [3.63, 3.8) is 0 Å². The molecular weight excluding hydrogens is 393 g/mol. The van der Waals surface area contributed by atoms with E-state index in [0.717, 1.165) is 48.9 Å². The van der Waals surface area contributed by atoms with Crippen LogP contribution in [0.4, 0.5) is 4.39 Å². The Bertz CT molecular complexity index is 1060.